The molecule has 0 atom stereocenters. The molecule has 1 aromatic heterocycles. The fourth-order valence-corrected chi connectivity index (χ4v) is 4.72. The van der Waals surface area contributed by atoms with Crippen LogP contribution in [-0.2, 0) is 9.59 Å². The summed E-state index contributed by atoms with van der Waals surface area (Å²) in [5.74, 6) is 0.463. The number of hydrogen-bond donors (Lipinski definition) is 0. The Kier molecular flexibility index (Phi) is 5.35. The molecule has 6 nitrogen and oxygen atoms in total. The van der Waals surface area contributed by atoms with E-state index in [9.17, 15) is 9.59 Å². The fourth-order valence-electron chi connectivity index (χ4n) is 3.87. The van der Waals surface area contributed by atoms with Gasteiger partial charge in [0.25, 0.3) is 5.91 Å². The third-order valence-electron chi connectivity index (χ3n) is 5.33. The van der Waals surface area contributed by atoms with Crippen molar-refractivity contribution in [2.75, 3.05) is 31.1 Å². The van der Waals surface area contributed by atoms with Crippen LogP contribution in [0.15, 0.2) is 18.2 Å². The number of nitrogens with zero attached hydrogens (tertiary/aromatic N) is 3. The van der Waals surface area contributed by atoms with Gasteiger partial charge in [0.05, 0.1) is 16.4 Å². The summed E-state index contributed by atoms with van der Waals surface area (Å²) in [6, 6.07) is 5.75. The summed E-state index contributed by atoms with van der Waals surface area (Å²) in [6.45, 7) is 5.62. The van der Waals surface area contributed by atoms with Crippen LogP contribution < -0.4 is 9.64 Å². The number of aromatic nitrogens is 1. The SMILES string of the molecule is Cc1nc(-c2ccc3c(c2)N(CC(=O)N2CCCCCC2)C(=O)CO3)c(C)s1. The van der Waals surface area contributed by atoms with Crippen LogP contribution in [0.1, 0.15) is 35.6 Å². The van der Waals surface area contributed by atoms with E-state index in [1.54, 1.807) is 16.2 Å². The molecule has 148 valence electrons. The summed E-state index contributed by atoms with van der Waals surface area (Å²) in [6.07, 6.45) is 4.40. The van der Waals surface area contributed by atoms with Gasteiger partial charge in [-0.3, -0.25) is 14.5 Å². The number of ether oxygens (including phenoxy) is 1. The second-order valence-electron chi connectivity index (χ2n) is 7.38. The van der Waals surface area contributed by atoms with E-state index in [1.807, 2.05) is 36.9 Å². The van der Waals surface area contributed by atoms with E-state index in [2.05, 4.69) is 4.98 Å². The Morgan fingerprint density at radius 2 is 1.93 bits per heavy atom. The highest BCUT2D eigenvalue weighted by Crippen LogP contribution is 2.37. The number of anilines is 1. The highest BCUT2D eigenvalue weighted by atomic mass is 32.1. The third-order valence-corrected chi connectivity index (χ3v) is 6.22. The van der Waals surface area contributed by atoms with E-state index in [4.69, 9.17) is 4.74 Å². The number of benzene rings is 1. The standard InChI is InChI=1S/C21H25N3O3S/c1-14-21(22-15(2)28-14)16-7-8-18-17(11-16)24(20(26)13-27-18)12-19(25)23-9-5-3-4-6-10-23/h7-8,11H,3-6,9-10,12-13H2,1-2H3. The molecule has 1 aromatic carbocycles. The zero-order valence-corrected chi connectivity index (χ0v) is 17.2. The molecule has 0 saturated carbocycles. The molecule has 1 fully saturated rings. The molecule has 1 saturated heterocycles. The Labute approximate surface area is 169 Å². The lowest BCUT2D eigenvalue weighted by molar-refractivity contribution is -0.132. The average Bonchev–Trinajstić information content (AvgIpc) is 2.88. The molecular weight excluding hydrogens is 374 g/mol. The fraction of sp³-hybridized carbons (Fsp3) is 0.476. The van der Waals surface area contributed by atoms with Crippen molar-refractivity contribution in [1.29, 1.82) is 0 Å². The molecular formula is C21H25N3O3S. The Morgan fingerprint density at radius 3 is 2.61 bits per heavy atom. The van der Waals surface area contributed by atoms with Crippen molar-refractivity contribution in [3.05, 3.63) is 28.1 Å². The number of thiazole rings is 1. The topological polar surface area (TPSA) is 62.7 Å². The van der Waals surface area contributed by atoms with Crippen molar-refractivity contribution in [1.82, 2.24) is 9.88 Å². The smallest absolute Gasteiger partial charge is 0.265 e. The first-order valence-corrected chi connectivity index (χ1v) is 10.6. The first-order valence-electron chi connectivity index (χ1n) is 9.82. The molecule has 2 amide bonds. The molecule has 0 bridgehead atoms. The predicted octanol–water partition coefficient (Wildman–Crippen LogP) is 3.55. The highest BCUT2D eigenvalue weighted by molar-refractivity contribution is 7.11. The molecule has 2 aliphatic heterocycles. The number of likely N-dealkylation sites (tertiary alicyclic amines) is 1. The Bertz CT molecular complexity index is 900. The second-order valence-corrected chi connectivity index (χ2v) is 8.79. The molecule has 28 heavy (non-hydrogen) atoms. The van der Waals surface area contributed by atoms with Gasteiger partial charge in [0.15, 0.2) is 6.61 Å². The van der Waals surface area contributed by atoms with Crippen molar-refractivity contribution < 1.29 is 14.3 Å². The minimum atomic E-state index is -0.181. The number of rotatable bonds is 3. The summed E-state index contributed by atoms with van der Waals surface area (Å²) < 4.78 is 5.61. The van der Waals surface area contributed by atoms with Crippen LogP contribution in [0.3, 0.4) is 0 Å². The third kappa shape index (κ3) is 3.76. The van der Waals surface area contributed by atoms with E-state index >= 15 is 0 Å². The largest absolute Gasteiger partial charge is 0.482 e. The predicted molar refractivity (Wildman–Crippen MR) is 110 cm³/mol. The summed E-state index contributed by atoms with van der Waals surface area (Å²) in [7, 11) is 0. The monoisotopic (exact) mass is 399 g/mol. The second kappa shape index (κ2) is 7.91. The van der Waals surface area contributed by atoms with Gasteiger partial charge < -0.3 is 9.64 Å². The highest BCUT2D eigenvalue weighted by Gasteiger charge is 2.29. The Morgan fingerprint density at radius 1 is 1.18 bits per heavy atom. The van der Waals surface area contributed by atoms with Gasteiger partial charge in [0, 0.05) is 23.5 Å². The van der Waals surface area contributed by atoms with Crippen LogP contribution in [0.25, 0.3) is 11.3 Å². The van der Waals surface area contributed by atoms with Crippen LogP contribution in [0.2, 0.25) is 0 Å². The Hall–Kier alpha value is -2.41. The lowest BCUT2D eigenvalue weighted by Gasteiger charge is -2.31. The van der Waals surface area contributed by atoms with E-state index in [1.165, 1.54) is 12.8 Å². The maximum Gasteiger partial charge on any atom is 0.265 e. The minimum absolute atomic E-state index is 0.00851. The van der Waals surface area contributed by atoms with E-state index < -0.39 is 0 Å². The molecule has 3 heterocycles. The first kappa shape index (κ1) is 18.9. The van der Waals surface area contributed by atoms with Gasteiger partial charge in [-0.25, -0.2) is 4.98 Å². The van der Waals surface area contributed by atoms with Gasteiger partial charge in [-0.15, -0.1) is 11.3 Å². The Balaban J connectivity index is 1.62. The summed E-state index contributed by atoms with van der Waals surface area (Å²) in [5.41, 5.74) is 2.51. The van der Waals surface area contributed by atoms with Gasteiger partial charge in [0.1, 0.15) is 12.3 Å². The van der Waals surface area contributed by atoms with Crippen molar-refractivity contribution in [2.45, 2.75) is 39.5 Å². The van der Waals surface area contributed by atoms with Crippen LogP contribution >= 0.6 is 11.3 Å². The van der Waals surface area contributed by atoms with Gasteiger partial charge in [-0.1, -0.05) is 12.8 Å². The molecule has 4 rings (SSSR count). The van der Waals surface area contributed by atoms with E-state index in [0.717, 1.165) is 47.1 Å². The van der Waals surface area contributed by atoms with E-state index in [0.29, 0.717) is 11.4 Å². The van der Waals surface area contributed by atoms with Crippen LogP contribution in [-0.4, -0.2) is 47.9 Å². The lowest BCUT2D eigenvalue weighted by Crippen LogP contribution is -2.46. The van der Waals surface area contributed by atoms with Crippen molar-refractivity contribution in [2.24, 2.45) is 0 Å². The van der Waals surface area contributed by atoms with Crippen LogP contribution in [0.4, 0.5) is 5.69 Å². The van der Waals surface area contributed by atoms with Crippen molar-refractivity contribution in [3.8, 4) is 17.0 Å². The minimum Gasteiger partial charge on any atom is -0.482 e. The van der Waals surface area contributed by atoms with Crippen LogP contribution in [0.5, 0.6) is 5.75 Å². The molecule has 2 aliphatic rings. The van der Waals surface area contributed by atoms with Crippen molar-refractivity contribution in [3.63, 3.8) is 0 Å². The number of aryl methyl sites for hydroxylation is 2. The van der Waals surface area contributed by atoms with Crippen LogP contribution in [0, 0.1) is 13.8 Å². The van der Waals surface area contributed by atoms with Crippen molar-refractivity contribution >= 4 is 28.8 Å². The molecule has 2 aromatic rings. The summed E-state index contributed by atoms with van der Waals surface area (Å²) >= 11 is 1.65. The molecule has 0 unspecified atom stereocenters. The number of hydrogen-bond acceptors (Lipinski definition) is 5. The van der Waals surface area contributed by atoms with Gasteiger partial charge in [-0.2, -0.15) is 0 Å². The average molecular weight is 400 g/mol. The molecule has 0 radical (unpaired) electrons. The molecule has 7 heteroatoms. The quantitative estimate of drug-likeness (QED) is 0.792. The van der Waals surface area contributed by atoms with Gasteiger partial charge >= 0.3 is 0 Å². The van der Waals surface area contributed by atoms with Gasteiger partial charge in [-0.05, 0) is 44.9 Å². The summed E-state index contributed by atoms with van der Waals surface area (Å²) in [5, 5.41) is 1.01. The molecule has 0 aliphatic carbocycles. The zero-order chi connectivity index (χ0) is 19.7. The number of amides is 2. The number of fused-ring (bicyclic) bond motifs is 1. The lowest BCUT2D eigenvalue weighted by atomic mass is 10.1. The maximum atomic E-state index is 12.9. The van der Waals surface area contributed by atoms with E-state index in [-0.39, 0.29) is 25.0 Å². The maximum absolute atomic E-state index is 12.9. The van der Waals surface area contributed by atoms with Gasteiger partial charge in [0.2, 0.25) is 5.91 Å². The number of carbonyl (C=O) groups excluding carboxylic acids is 2. The zero-order valence-electron chi connectivity index (χ0n) is 16.4. The normalized spacial score (nSPS) is 17.1. The molecule has 0 N–H and O–H groups in total. The number of carbonyl (C=O) groups is 2. The molecule has 0 spiro atoms. The first-order chi connectivity index (χ1) is 13.5. The summed E-state index contributed by atoms with van der Waals surface area (Å²) in [4.78, 5) is 34.7.